The number of ether oxygens (including phenoxy) is 1. The van der Waals surface area contributed by atoms with Crippen LogP contribution >= 0.6 is 0 Å². The number of hydrazine groups is 1. The Morgan fingerprint density at radius 3 is 2.52 bits per heavy atom. The summed E-state index contributed by atoms with van der Waals surface area (Å²) in [5.41, 5.74) is -0.470. The number of aliphatic hydroxyl groups excluding tert-OH is 4. The summed E-state index contributed by atoms with van der Waals surface area (Å²) < 4.78 is 5.09. The molecule has 0 bridgehead atoms. The molecule has 21 heavy (non-hydrogen) atoms. The first kappa shape index (κ1) is 15.6. The molecule has 0 aromatic carbocycles. The quantitative estimate of drug-likeness (QED) is 0.279. The maximum atomic E-state index is 12.2. The van der Waals surface area contributed by atoms with E-state index >= 15 is 0 Å². The molecule has 4 amide bonds. The van der Waals surface area contributed by atoms with Crippen molar-refractivity contribution in [2.75, 3.05) is 6.61 Å². The van der Waals surface area contributed by atoms with E-state index in [4.69, 9.17) is 9.84 Å². The number of nitrogens with zero attached hydrogens (tertiary/aromatic N) is 1. The third-order valence-electron chi connectivity index (χ3n) is 3.27. The van der Waals surface area contributed by atoms with Crippen LogP contribution in [0.15, 0.2) is 0 Å². The zero-order valence-corrected chi connectivity index (χ0v) is 10.9. The van der Waals surface area contributed by atoms with Crippen LogP contribution in [0.4, 0.5) is 4.79 Å². The third-order valence-corrected chi connectivity index (χ3v) is 3.27. The maximum absolute atomic E-state index is 12.2. The van der Waals surface area contributed by atoms with Gasteiger partial charge in [0.2, 0.25) is 5.91 Å². The molecule has 0 saturated carbocycles. The van der Waals surface area contributed by atoms with Crippen molar-refractivity contribution >= 4 is 17.8 Å². The van der Waals surface area contributed by atoms with Crippen LogP contribution in [0, 0.1) is 0 Å². The van der Waals surface area contributed by atoms with E-state index in [0.29, 0.717) is 0 Å². The normalized spacial score (nSPS) is 39.6. The third kappa shape index (κ3) is 2.24. The van der Waals surface area contributed by atoms with Crippen molar-refractivity contribution in [1.82, 2.24) is 15.8 Å². The van der Waals surface area contributed by atoms with E-state index in [1.807, 2.05) is 10.7 Å². The summed E-state index contributed by atoms with van der Waals surface area (Å²) >= 11 is 0. The average Bonchev–Trinajstić information content (AvgIpc) is 2.65. The standard InChI is InChI=1S/C10H15N3O8/c1-3(15)12-13-8(19)10(11-9(13)20)7(18)6(17)5(16)4(2-14)21-10/h4-7,14,16-18H,2H2,1H3,(H,11,20)(H,12,15). The van der Waals surface area contributed by atoms with Crippen molar-refractivity contribution in [2.45, 2.75) is 37.1 Å². The summed E-state index contributed by atoms with van der Waals surface area (Å²) in [6.45, 7) is 0.287. The first-order chi connectivity index (χ1) is 9.74. The predicted octanol–water partition coefficient (Wildman–Crippen LogP) is -4.24. The Balaban J connectivity index is 2.35. The lowest BCUT2D eigenvalue weighted by atomic mass is 9.90. The Bertz CT molecular complexity index is 483. The fourth-order valence-corrected chi connectivity index (χ4v) is 2.24. The summed E-state index contributed by atoms with van der Waals surface area (Å²) in [5, 5.41) is 40.7. The van der Waals surface area contributed by atoms with E-state index in [0.717, 1.165) is 6.92 Å². The highest BCUT2D eigenvalue weighted by Crippen LogP contribution is 2.32. The number of hydrogen-bond acceptors (Lipinski definition) is 8. The second kappa shape index (κ2) is 5.20. The number of amides is 4. The van der Waals surface area contributed by atoms with Gasteiger partial charge in [0.15, 0.2) is 0 Å². The van der Waals surface area contributed by atoms with Gasteiger partial charge in [-0.3, -0.25) is 20.3 Å². The molecule has 2 heterocycles. The van der Waals surface area contributed by atoms with Gasteiger partial charge in [-0.05, 0) is 0 Å². The van der Waals surface area contributed by atoms with Gasteiger partial charge in [0, 0.05) is 6.92 Å². The van der Waals surface area contributed by atoms with Gasteiger partial charge < -0.3 is 25.2 Å². The van der Waals surface area contributed by atoms with Crippen LogP contribution in [0.2, 0.25) is 0 Å². The minimum absolute atomic E-state index is 0.282. The number of hydrogen-bond donors (Lipinski definition) is 6. The van der Waals surface area contributed by atoms with Crippen molar-refractivity contribution in [1.29, 1.82) is 0 Å². The lowest BCUT2D eigenvalue weighted by Gasteiger charge is -2.44. The highest BCUT2D eigenvalue weighted by molar-refractivity contribution is 6.07. The molecule has 11 nitrogen and oxygen atoms in total. The van der Waals surface area contributed by atoms with E-state index in [-0.39, 0.29) is 5.01 Å². The second-order valence-corrected chi connectivity index (χ2v) is 4.74. The molecule has 0 aromatic heterocycles. The van der Waals surface area contributed by atoms with Gasteiger partial charge in [-0.15, -0.1) is 0 Å². The fraction of sp³-hybridized carbons (Fsp3) is 0.700. The summed E-state index contributed by atoms with van der Waals surface area (Å²) in [7, 11) is 0. The van der Waals surface area contributed by atoms with E-state index in [1.165, 1.54) is 0 Å². The molecule has 2 rings (SSSR count). The number of aliphatic hydroxyl groups is 4. The molecule has 6 N–H and O–H groups in total. The molecule has 2 saturated heterocycles. The van der Waals surface area contributed by atoms with Crippen LogP contribution in [-0.4, -0.2) is 80.0 Å². The minimum Gasteiger partial charge on any atom is -0.394 e. The largest absolute Gasteiger partial charge is 0.394 e. The van der Waals surface area contributed by atoms with Crippen LogP contribution in [0.5, 0.6) is 0 Å². The van der Waals surface area contributed by atoms with Crippen molar-refractivity contribution < 1.29 is 39.5 Å². The molecule has 5 atom stereocenters. The van der Waals surface area contributed by atoms with Gasteiger partial charge in [-0.1, -0.05) is 0 Å². The highest BCUT2D eigenvalue weighted by atomic mass is 16.6. The first-order valence-electron chi connectivity index (χ1n) is 6.01. The molecule has 5 unspecified atom stereocenters. The number of carbonyl (C=O) groups is 3. The van der Waals surface area contributed by atoms with Crippen LogP contribution in [-0.2, 0) is 14.3 Å². The molecule has 1 spiro atoms. The molecule has 2 aliphatic heterocycles. The van der Waals surface area contributed by atoms with Gasteiger partial charge in [0.05, 0.1) is 6.61 Å². The zero-order chi connectivity index (χ0) is 15.9. The topological polar surface area (TPSA) is 169 Å². The van der Waals surface area contributed by atoms with Gasteiger partial charge in [0.25, 0.3) is 5.72 Å². The number of carbonyl (C=O) groups excluding carboxylic acids is 3. The monoisotopic (exact) mass is 305 g/mol. The Morgan fingerprint density at radius 2 is 2.00 bits per heavy atom. The highest BCUT2D eigenvalue weighted by Gasteiger charge is 2.65. The smallest absolute Gasteiger partial charge is 0.346 e. The van der Waals surface area contributed by atoms with Gasteiger partial charge in [0.1, 0.15) is 24.4 Å². The SMILES string of the molecule is CC(=O)NN1C(=O)NC2(OC(CO)C(O)C(O)C2O)C1=O. The Morgan fingerprint density at radius 1 is 1.38 bits per heavy atom. The lowest BCUT2D eigenvalue weighted by Crippen LogP contribution is -2.71. The Kier molecular flexibility index (Phi) is 3.86. The molecule has 118 valence electrons. The summed E-state index contributed by atoms with van der Waals surface area (Å²) in [6, 6.07) is -1.09. The van der Waals surface area contributed by atoms with Crippen molar-refractivity contribution in [3.63, 3.8) is 0 Å². The molecular weight excluding hydrogens is 290 g/mol. The first-order valence-corrected chi connectivity index (χ1v) is 6.01. The van der Waals surface area contributed by atoms with Crippen molar-refractivity contribution in [3.8, 4) is 0 Å². The van der Waals surface area contributed by atoms with Gasteiger partial charge in [-0.2, -0.15) is 5.01 Å². The Labute approximate surface area is 118 Å². The molecule has 2 fully saturated rings. The molecule has 0 aromatic rings. The molecule has 2 aliphatic rings. The second-order valence-electron chi connectivity index (χ2n) is 4.74. The van der Waals surface area contributed by atoms with Crippen LogP contribution in [0.1, 0.15) is 6.92 Å². The van der Waals surface area contributed by atoms with E-state index in [9.17, 15) is 29.7 Å². The molecule has 11 heteroatoms. The van der Waals surface area contributed by atoms with Crippen LogP contribution < -0.4 is 10.7 Å². The summed E-state index contributed by atoms with van der Waals surface area (Å²) in [6.07, 6.45) is -6.91. The number of rotatable bonds is 2. The van der Waals surface area contributed by atoms with Gasteiger partial charge >= 0.3 is 11.9 Å². The fourth-order valence-electron chi connectivity index (χ4n) is 2.24. The average molecular weight is 305 g/mol. The number of nitrogens with one attached hydrogen (secondary N) is 2. The maximum Gasteiger partial charge on any atom is 0.346 e. The molecular formula is C10H15N3O8. The van der Waals surface area contributed by atoms with Crippen LogP contribution in [0.3, 0.4) is 0 Å². The minimum atomic E-state index is -2.40. The zero-order valence-electron chi connectivity index (χ0n) is 10.9. The van der Waals surface area contributed by atoms with Crippen molar-refractivity contribution in [2.24, 2.45) is 0 Å². The number of urea groups is 1. The van der Waals surface area contributed by atoms with E-state index in [2.05, 4.69) is 0 Å². The van der Waals surface area contributed by atoms with Crippen molar-refractivity contribution in [3.05, 3.63) is 0 Å². The predicted molar refractivity (Wildman–Crippen MR) is 61.9 cm³/mol. The van der Waals surface area contributed by atoms with E-state index < -0.39 is 54.6 Å². The van der Waals surface area contributed by atoms with Gasteiger partial charge in [-0.25, -0.2) is 4.79 Å². The summed E-state index contributed by atoms with van der Waals surface area (Å²) in [5.74, 6) is -1.90. The lowest BCUT2D eigenvalue weighted by molar-refractivity contribution is -0.269. The summed E-state index contributed by atoms with van der Waals surface area (Å²) in [4.78, 5) is 34.9. The number of imide groups is 1. The molecule has 0 radical (unpaired) electrons. The Hall–Kier alpha value is -1.79. The van der Waals surface area contributed by atoms with Crippen LogP contribution in [0.25, 0.3) is 0 Å². The van der Waals surface area contributed by atoms with E-state index in [1.54, 1.807) is 0 Å². The molecule has 0 aliphatic carbocycles.